The maximum atomic E-state index is 14.4. The van der Waals surface area contributed by atoms with Crippen LogP contribution in [0.3, 0.4) is 0 Å². The predicted molar refractivity (Wildman–Crippen MR) is 143 cm³/mol. The maximum absolute atomic E-state index is 14.4. The zero-order chi connectivity index (χ0) is 28.3. The highest BCUT2D eigenvalue weighted by Crippen LogP contribution is 2.34. The van der Waals surface area contributed by atoms with Crippen molar-refractivity contribution in [3.63, 3.8) is 0 Å². The van der Waals surface area contributed by atoms with E-state index >= 15 is 0 Å². The van der Waals surface area contributed by atoms with Gasteiger partial charge in [-0.2, -0.15) is 0 Å². The van der Waals surface area contributed by atoms with E-state index < -0.39 is 35.6 Å². The number of carbonyl (C=O) groups is 3. The van der Waals surface area contributed by atoms with Gasteiger partial charge in [-0.25, -0.2) is 18.4 Å². The summed E-state index contributed by atoms with van der Waals surface area (Å²) >= 11 is 3.36. The van der Waals surface area contributed by atoms with E-state index in [2.05, 4.69) is 26.6 Å². The monoisotopic (exact) mass is 599 g/mol. The highest BCUT2D eigenvalue weighted by atomic mass is 79.9. The second kappa shape index (κ2) is 11.6. The van der Waals surface area contributed by atoms with Gasteiger partial charge in [0.25, 0.3) is 5.91 Å². The molecule has 0 aromatic heterocycles. The number of urea groups is 1. The van der Waals surface area contributed by atoms with Crippen molar-refractivity contribution in [1.82, 2.24) is 10.2 Å². The molecule has 0 aliphatic carbocycles. The molecule has 0 spiro atoms. The minimum atomic E-state index is -0.916. The van der Waals surface area contributed by atoms with E-state index in [0.717, 1.165) is 12.1 Å². The van der Waals surface area contributed by atoms with Gasteiger partial charge in [-0.1, -0.05) is 18.2 Å². The van der Waals surface area contributed by atoms with Gasteiger partial charge in [0.1, 0.15) is 17.4 Å². The molecule has 0 fully saturated rings. The fourth-order valence-electron chi connectivity index (χ4n) is 4.22. The number of rotatable bonds is 7. The lowest BCUT2D eigenvalue weighted by Crippen LogP contribution is -2.48. The molecule has 3 amide bonds. The van der Waals surface area contributed by atoms with E-state index in [-0.39, 0.29) is 28.9 Å². The summed E-state index contributed by atoms with van der Waals surface area (Å²) < 4.78 is 38.3. The van der Waals surface area contributed by atoms with Crippen molar-refractivity contribution in [3.05, 3.63) is 105 Å². The zero-order valence-corrected chi connectivity index (χ0v) is 22.8. The summed E-state index contributed by atoms with van der Waals surface area (Å²) in [6.07, 6.45) is 0. The average molecular weight is 600 g/mol. The normalized spacial score (nSPS) is 15.1. The molecule has 0 saturated heterocycles. The molecule has 0 radical (unpaired) electrons. The molecule has 202 valence electrons. The van der Waals surface area contributed by atoms with Crippen molar-refractivity contribution in [1.29, 1.82) is 0 Å². The zero-order valence-electron chi connectivity index (χ0n) is 21.2. The molecular weight excluding hydrogens is 576 g/mol. The first kappa shape index (κ1) is 27.8. The Hall–Kier alpha value is -4.25. The Morgan fingerprint density at radius 2 is 1.85 bits per heavy atom. The quantitative estimate of drug-likeness (QED) is 0.339. The van der Waals surface area contributed by atoms with E-state index in [9.17, 15) is 23.2 Å². The molecule has 0 bridgehead atoms. The number of methoxy groups -OCH3 is 2. The number of nitrogens with zero attached hydrogens (tertiary/aromatic N) is 1. The molecule has 1 aliphatic heterocycles. The van der Waals surface area contributed by atoms with Gasteiger partial charge < -0.3 is 20.1 Å². The van der Waals surface area contributed by atoms with Crippen molar-refractivity contribution >= 4 is 39.5 Å². The first-order chi connectivity index (χ1) is 18.6. The molecule has 1 unspecified atom stereocenters. The summed E-state index contributed by atoms with van der Waals surface area (Å²) in [6.45, 7) is 1.34. The van der Waals surface area contributed by atoms with Gasteiger partial charge in [0, 0.05) is 33.6 Å². The van der Waals surface area contributed by atoms with Crippen LogP contribution in [0.5, 0.6) is 5.75 Å². The molecule has 3 aromatic rings. The van der Waals surface area contributed by atoms with Crippen LogP contribution in [0.2, 0.25) is 0 Å². The number of nitrogens with one attached hydrogen (secondary N) is 2. The van der Waals surface area contributed by atoms with Crippen LogP contribution in [0.1, 0.15) is 34.5 Å². The number of ether oxygens (including phenoxy) is 2. The lowest BCUT2D eigenvalue weighted by molar-refractivity contribution is -0.113. The molecule has 39 heavy (non-hydrogen) atoms. The van der Waals surface area contributed by atoms with Crippen molar-refractivity contribution in [2.24, 2.45) is 0 Å². The number of hydrogen-bond donors (Lipinski definition) is 2. The fourth-order valence-corrected chi connectivity index (χ4v) is 4.78. The first-order valence-corrected chi connectivity index (χ1v) is 12.5. The second-order valence-electron chi connectivity index (χ2n) is 8.62. The molecule has 0 saturated carbocycles. The number of anilines is 1. The molecule has 3 aromatic carbocycles. The molecule has 11 heteroatoms. The molecular formula is C28H24BrF2N3O5. The third-order valence-electron chi connectivity index (χ3n) is 6.24. The number of amides is 3. The number of esters is 1. The SMILES string of the molecule is COC(=O)c1ccc(C2NC(=O)N(Cc3ccc(F)cc3F)C(C)=C2C(=O)Nc2cccc(OC)c2)cc1Br. The van der Waals surface area contributed by atoms with Crippen molar-refractivity contribution in [2.75, 3.05) is 19.5 Å². The standard InChI is InChI=1S/C28H24BrF2N3O5/c1-15-24(26(35)32-19-5-4-6-20(13-19)38-2)25(16-8-10-21(22(29)11-16)27(36)39-3)33-28(37)34(15)14-17-7-9-18(30)12-23(17)31/h4-13,25H,14H2,1-3H3,(H,32,35)(H,33,37). The van der Waals surface area contributed by atoms with Gasteiger partial charge in [-0.3, -0.25) is 9.69 Å². The van der Waals surface area contributed by atoms with E-state index in [4.69, 9.17) is 9.47 Å². The summed E-state index contributed by atoms with van der Waals surface area (Å²) in [5.41, 5.74) is 1.74. The summed E-state index contributed by atoms with van der Waals surface area (Å²) in [4.78, 5) is 40.2. The van der Waals surface area contributed by atoms with E-state index in [1.165, 1.54) is 31.3 Å². The third-order valence-corrected chi connectivity index (χ3v) is 6.90. The van der Waals surface area contributed by atoms with E-state index in [1.54, 1.807) is 43.3 Å². The van der Waals surface area contributed by atoms with E-state index in [0.29, 0.717) is 21.5 Å². The topological polar surface area (TPSA) is 97.0 Å². The van der Waals surface area contributed by atoms with Gasteiger partial charge >= 0.3 is 12.0 Å². The van der Waals surface area contributed by atoms with Crippen LogP contribution in [-0.4, -0.2) is 37.0 Å². The van der Waals surface area contributed by atoms with Gasteiger partial charge in [0.2, 0.25) is 0 Å². The van der Waals surface area contributed by atoms with Crippen LogP contribution in [0.15, 0.2) is 76.4 Å². The molecule has 8 nitrogen and oxygen atoms in total. The Bertz CT molecular complexity index is 1490. The number of hydrogen-bond acceptors (Lipinski definition) is 5. The maximum Gasteiger partial charge on any atom is 0.339 e. The van der Waals surface area contributed by atoms with Crippen LogP contribution in [-0.2, 0) is 16.1 Å². The number of carbonyl (C=O) groups excluding carboxylic acids is 3. The van der Waals surface area contributed by atoms with Gasteiger partial charge in [0.05, 0.1) is 37.9 Å². The number of allylic oxidation sites excluding steroid dienone is 1. The highest BCUT2D eigenvalue weighted by molar-refractivity contribution is 9.10. The smallest absolute Gasteiger partial charge is 0.339 e. The van der Waals surface area contributed by atoms with Crippen LogP contribution < -0.4 is 15.4 Å². The Kier molecular flexibility index (Phi) is 8.29. The average Bonchev–Trinajstić information content (AvgIpc) is 2.91. The molecule has 1 aliphatic rings. The second-order valence-corrected chi connectivity index (χ2v) is 9.47. The summed E-state index contributed by atoms with van der Waals surface area (Å²) in [5, 5.41) is 5.63. The Morgan fingerprint density at radius 1 is 1.08 bits per heavy atom. The minimum Gasteiger partial charge on any atom is -0.497 e. The van der Waals surface area contributed by atoms with Crippen molar-refractivity contribution in [3.8, 4) is 5.75 Å². The molecule has 1 atom stereocenters. The van der Waals surface area contributed by atoms with E-state index in [1.807, 2.05) is 0 Å². The largest absolute Gasteiger partial charge is 0.497 e. The minimum absolute atomic E-state index is 0.0714. The van der Waals surface area contributed by atoms with Crippen molar-refractivity contribution < 1.29 is 32.6 Å². The Balaban J connectivity index is 1.78. The van der Waals surface area contributed by atoms with Gasteiger partial charge in [-0.05, 0) is 58.7 Å². The van der Waals surface area contributed by atoms with Crippen LogP contribution in [0.25, 0.3) is 0 Å². The predicted octanol–water partition coefficient (Wildman–Crippen LogP) is 5.70. The van der Waals surface area contributed by atoms with Crippen LogP contribution in [0, 0.1) is 11.6 Å². The summed E-state index contributed by atoms with van der Waals surface area (Å²) in [5.74, 6) is -2.11. The lowest BCUT2D eigenvalue weighted by Gasteiger charge is -2.36. The molecule has 1 heterocycles. The number of benzene rings is 3. The highest BCUT2D eigenvalue weighted by Gasteiger charge is 2.36. The number of halogens is 3. The summed E-state index contributed by atoms with van der Waals surface area (Å²) in [6, 6.07) is 13.0. The lowest BCUT2D eigenvalue weighted by atomic mass is 9.93. The van der Waals surface area contributed by atoms with Crippen LogP contribution in [0.4, 0.5) is 19.3 Å². The van der Waals surface area contributed by atoms with Gasteiger partial charge in [0.15, 0.2) is 0 Å². The molecule has 2 N–H and O–H groups in total. The van der Waals surface area contributed by atoms with Gasteiger partial charge in [-0.15, -0.1) is 0 Å². The third kappa shape index (κ3) is 5.93. The Morgan fingerprint density at radius 3 is 2.51 bits per heavy atom. The first-order valence-electron chi connectivity index (χ1n) is 11.7. The van der Waals surface area contributed by atoms with Crippen LogP contribution >= 0.6 is 15.9 Å². The fraction of sp³-hybridized carbons (Fsp3) is 0.179. The van der Waals surface area contributed by atoms with Crippen molar-refractivity contribution in [2.45, 2.75) is 19.5 Å². The summed E-state index contributed by atoms with van der Waals surface area (Å²) in [7, 11) is 2.76. The molecule has 4 rings (SSSR count). The Labute approximate surface area is 231 Å².